The first-order valence-electron chi connectivity index (χ1n) is 7.51. The minimum atomic E-state index is 0.297. The number of nitriles is 1. The molecule has 0 radical (unpaired) electrons. The van der Waals surface area contributed by atoms with E-state index < -0.39 is 0 Å². The maximum Gasteiger partial charge on any atom is 0.163 e. The maximum absolute atomic E-state index is 9.31. The van der Waals surface area contributed by atoms with E-state index in [9.17, 15) is 5.26 Å². The average molecular weight is 414 g/mol. The van der Waals surface area contributed by atoms with Gasteiger partial charge in [-0.1, -0.05) is 28.4 Å². The Hall–Kier alpha value is -2.20. The Morgan fingerprint density at radius 1 is 1.15 bits per heavy atom. The largest absolute Gasteiger partial charge is 0.493 e. The van der Waals surface area contributed by atoms with E-state index in [-0.39, 0.29) is 0 Å². The van der Waals surface area contributed by atoms with Gasteiger partial charge in [0.05, 0.1) is 35.0 Å². The average Bonchev–Trinajstić information content (AvgIpc) is 2.65. The predicted molar refractivity (Wildman–Crippen MR) is 103 cm³/mol. The number of anilines is 1. The van der Waals surface area contributed by atoms with Crippen LogP contribution in [0.15, 0.2) is 40.7 Å². The van der Waals surface area contributed by atoms with Crippen LogP contribution in [-0.2, 0) is 0 Å². The molecule has 2 aromatic rings. The summed E-state index contributed by atoms with van der Waals surface area (Å²) >= 11 is 17.5. The Kier molecular flexibility index (Phi) is 7.79. The molecule has 26 heavy (non-hydrogen) atoms. The van der Waals surface area contributed by atoms with Gasteiger partial charge in [0, 0.05) is 18.0 Å². The van der Waals surface area contributed by atoms with Gasteiger partial charge < -0.3 is 9.47 Å². The van der Waals surface area contributed by atoms with Crippen molar-refractivity contribution in [3.8, 4) is 17.6 Å². The third-order valence-electron chi connectivity index (χ3n) is 3.19. The minimum absolute atomic E-state index is 0.297. The van der Waals surface area contributed by atoms with Crippen molar-refractivity contribution >= 4 is 46.2 Å². The minimum Gasteiger partial charge on any atom is -0.493 e. The van der Waals surface area contributed by atoms with Gasteiger partial charge in [0.1, 0.15) is 11.8 Å². The maximum atomic E-state index is 9.31. The number of methoxy groups -OCH3 is 1. The molecule has 0 amide bonds. The first kappa shape index (κ1) is 20.1. The highest BCUT2D eigenvalue weighted by molar-refractivity contribution is 6.42. The number of alkyl halides is 1. The number of halogens is 3. The summed E-state index contributed by atoms with van der Waals surface area (Å²) in [6.45, 7) is 0.421. The van der Waals surface area contributed by atoms with Crippen LogP contribution in [0.3, 0.4) is 0 Å². The molecule has 0 saturated carbocycles. The van der Waals surface area contributed by atoms with Crippen molar-refractivity contribution in [2.24, 2.45) is 10.3 Å². The molecule has 0 unspecified atom stereocenters. The second-order valence-corrected chi connectivity index (χ2v) is 6.16. The second kappa shape index (κ2) is 10.1. The van der Waals surface area contributed by atoms with E-state index >= 15 is 0 Å². The molecule has 9 heteroatoms. The van der Waals surface area contributed by atoms with Gasteiger partial charge in [-0.05, 0) is 24.6 Å². The third-order valence-corrected chi connectivity index (χ3v) is 4.20. The molecule has 0 aromatic heterocycles. The third kappa shape index (κ3) is 5.40. The van der Waals surface area contributed by atoms with E-state index in [1.54, 1.807) is 30.3 Å². The number of ether oxygens (including phenoxy) is 2. The van der Waals surface area contributed by atoms with E-state index in [4.69, 9.17) is 44.3 Å². The summed E-state index contributed by atoms with van der Waals surface area (Å²) in [5.41, 5.74) is 3.97. The molecule has 0 bridgehead atoms. The number of benzene rings is 2. The number of rotatable bonds is 8. The summed E-state index contributed by atoms with van der Waals surface area (Å²) in [6, 6.07) is 10.1. The van der Waals surface area contributed by atoms with Gasteiger partial charge in [0.25, 0.3) is 0 Å². The van der Waals surface area contributed by atoms with Crippen LogP contribution in [0.4, 0.5) is 11.4 Å². The SMILES string of the molecule is COc1cc(C#N)c(N=NNc2ccc(Cl)c(Cl)c2)cc1OCCCCl. The molecule has 2 aromatic carbocycles. The van der Waals surface area contributed by atoms with Crippen LogP contribution in [0, 0.1) is 11.3 Å². The van der Waals surface area contributed by atoms with Gasteiger partial charge in [0.15, 0.2) is 11.5 Å². The first-order chi connectivity index (χ1) is 12.6. The molecular weight excluding hydrogens is 399 g/mol. The molecule has 6 nitrogen and oxygen atoms in total. The van der Waals surface area contributed by atoms with Crippen LogP contribution in [0.25, 0.3) is 0 Å². The van der Waals surface area contributed by atoms with Crippen molar-refractivity contribution in [2.75, 3.05) is 25.0 Å². The zero-order valence-corrected chi connectivity index (χ0v) is 16.1. The highest BCUT2D eigenvalue weighted by Crippen LogP contribution is 2.35. The van der Waals surface area contributed by atoms with Crippen molar-refractivity contribution in [3.05, 3.63) is 45.9 Å². The fourth-order valence-electron chi connectivity index (χ4n) is 1.93. The van der Waals surface area contributed by atoms with E-state index in [1.165, 1.54) is 7.11 Å². The Labute approximate surface area is 166 Å². The van der Waals surface area contributed by atoms with Crippen LogP contribution in [-0.4, -0.2) is 19.6 Å². The predicted octanol–water partition coefficient (Wildman–Crippen LogP) is 5.99. The van der Waals surface area contributed by atoms with Crippen LogP contribution in [0.5, 0.6) is 11.5 Å². The molecule has 2 rings (SSSR count). The van der Waals surface area contributed by atoms with Gasteiger partial charge in [-0.2, -0.15) is 5.26 Å². The lowest BCUT2D eigenvalue weighted by atomic mass is 10.1. The summed E-state index contributed by atoms with van der Waals surface area (Å²) < 4.78 is 10.9. The van der Waals surface area contributed by atoms with Crippen molar-refractivity contribution in [1.82, 2.24) is 0 Å². The van der Waals surface area contributed by atoms with Crippen molar-refractivity contribution in [3.63, 3.8) is 0 Å². The zero-order valence-electron chi connectivity index (χ0n) is 13.8. The molecule has 0 aliphatic carbocycles. The molecule has 0 spiro atoms. The highest BCUT2D eigenvalue weighted by Gasteiger charge is 2.12. The number of hydrogen-bond donors (Lipinski definition) is 1. The fourth-order valence-corrected chi connectivity index (χ4v) is 2.34. The molecule has 136 valence electrons. The number of hydrogen-bond acceptors (Lipinski definition) is 5. The van der Waals surface area contributed by atoms with Gasteiger partial charge in [0.2, 0.25) is 0 Å². The lowest BCUT2D eigenvalue weighted by Gasteiger charge is -2.11. The van der Waals surface area contributed by atoms with Crippen molar-refractivity contribution < 1.29 is 9.47 Å². The number of nitrogens with one attached hydrogen (secondary N) is 1. The van der Waals surface area contributed by atoms with Crippen molar-refractivity contribution in [2.45, 2.75) is 6.42 Å². The molecule has 0 aliphatic rings. The van der Waals surface area contributed by atoms with Crippen molar-refractivity contribution in [1.29, 1.82) is 5.26 Å². The molecule has 0 atom stereocenters. The zero-order chi connectivity index (χ0) is 18.9. The monoisotopic (exact) mass is 412 g/mol. The molecular formula is C17H15Cl3N4O2. The van der Waals surface area contributed by atoms with Crippen LogP contribution in [0.1, 0.15) is 12.0 Å². The Morgan fingerprint density at radius 3 is 2.62 bits per heavy atom. The quantitative estimate of drug-likeness (QED) is 0.249. The van der Waals surface area contributed by atoms with E-state index in [2.05, 4.69) is 21.8 Å². The van der Waals surface area contributed by atoms with E-state index in [0.29, 0.717) is 57.4 Å². The summed E-state index contributed by atoms with van der Waals surface area (Å²) in [6.07, 6.45) is 0.681. The Bertz CT molecular complexity index is 837. The summed E-state index contributed by atoms with van der Waals surface area (Å²) in [5.74, 6) is 1.38. The Balaban J connectivity index is 2.21. The Morgan fingerprint density at radius 2 is 1.96 bits per heavy atom. The lowest BCUT2D eigenvalue weighted by molar-refractivity contribution is 0.295. The summed E-state index contributed by atoms with van der Waals surface area (Å²) in [5, 5.41) is 18.1. The van der Waals surface area contributed by atoms with Crippen LogP contribution < -0.4 is 14.9 Å². The smallest absolute Gasteiger partial charge is 0.163 e. The van der Waals surface area contributed by atoms with Gasteiger partial charge >= 0.3 is 0 Å². The van der Waals surface area contributed by atoms with E-state index in [0.717, 1.165) is 0 Å². The standard InChI is InChI=1S/C17H15Cl3N4O2/c1-25-16-7-11(10-21)15(9-17(16)26-6-2-5-18)23-24-22-12-3-4-13(19)14(20)8-12/h3-4,7-9H,2,5-6H2,1H3,(H,22,23). The van der Waals surface area contributed by atoms with Gasteiger partial charge in [-0.15, -0.1) is 16.7 Å². The molecule has 0 saturated heterocycles. The number of nitrogens with zero attached hydrogens (tertiary/aromatic N) is 3. The van der Waals surface area contributed by atoms with Gasteiger partial charge in [-0.3, -0.25) is 5.43 Å². The molecule has 1 N–H and O–H groups in total. The first-order valence-corrected chi connectivity index (χ1v) is 8.80. The van der Waals surface area contributed by atoms with Gasteiger partial charge in [-0.25, -0.2) is 0 Å². The highest BCUT2D eigenvalue weighted by atomic mass is 35.5. The van der Waals surface area contributed by atoms with Crippen LogP contribution in [0.2, 0.25) is 10.0 Å². The molecule has 0 heterocycles. The summed E-state index contributed by atoms with van der Waals surface area (Å²) in [4.78, 5) is 0. The normalized spacial score (nSPS) is 10.6. The topological polar surface area (TPSA) is 79.0 Å². The molecule has 0 aliphatic heterocycles. The summed E-state index contributed by atoms with van der Waals surface area (Å²) in [7, 11) is 1.50. The van der Waals surface area contributed by atoms with E-state index in [1.807, 2.05) is 0 Å². The molecule has 0 fully saturated rings. The lowest BCUT2D eigenvalue weighted by Crippen LogP contribution is -2.00. The van der Waals surface area contributed by atoms with Crippen LogP contribution >= 0.6 is 34.8 Å². The second-order valence-electron chi connectivity index (χ2n) is 4.96. The fraction of sp³-hybridized carbons (Fsp3) is 0.235.